The summed E-state index contributed by atoms with van der Waals surface area (Å²) in [6.07, 6.45) is 7.54. The summed E-state index contributed by atoms with van der Waals surface area (Å²) < 4.78 is 0. The van der Waals surface area contributed by atoms with E-state index in [0.29, 0.717) is 18.4 Å². The minimum atomic E-state index is -1.06. The monoisotopic (exact) mass is 238 g/mol. The van der Waals surface area contributed by atoms with Crippen LogP contribution in [0.2, 0.25) is 0 Å². The SMILES string of the molecule is C#CCN(CC(=O)O)C(=O)NCC(C)C1CC1. The maximum absolute atomic E-state index is 11.7. The molecule has 94 valence electrons. The summed E-state index contributed by atoms with van der Waals surface area (Å²) in [5, 5.41) is 11.4. The first-order chi connectivity index (χ1) is 8.04. The number of aliphatic carboxylic acids is 1. The van der Waals surface area contributed by atoms with Gasteiger partial charge in [-0.25, -0.2) is 4.79 Å². The number of hydrogen-bond acceptors (Lipinski definition) is 2. The number of carbonyl (C=O) groups is 2. The zero-order valence-electron chi connectivity index (χ0n) is 9.98. The molecule has 1 atom stereocenters. The fourth-order valence-corrected chi connectivity index (χ4v) is 1.67. The third kappa shape index (κ3) is 4.77. The topological polar surface area (TPSA) is 69.6 Å². The molecule has 0 bridgehead atoms. The van der Waals surface area contributed by atoms with E-state index in [1.54, 1.807) is 0 Å². The van der Waals surface area contributed by atoms with Gasteiger partial charge in [-0.2, -0.15) is 0 Å². The number of rotatable bonds is 6. The van der Waals surface area contributed by atoms with Crippen molar-refractivity contribution in [3.05, 3.63) is 0 Å². The predicted octanol–water partition coefficient (Wildman–Crippen LogP) is 0.762. The zero-order chi connectivity index (χ0) is 12.8. The summed E-state index contributed by atoms with van der Waals surface area (Å²) in [7, 11) is 0. The highest BCUT2D eigenvalue weighted by molar-refractivity contribution is 5.80. The van der Waals surface area contributed by atoms with Crippen LogP contribution >= 0.6 is 0 Å². The van der Waals surface area contributed by atoms with Crippen molar-refractivity contribution in [2.24, 2.45) is 11.8 Å². The molecule has 0 heterocycles. The van der Waals surface area contributed by atoms with Crippen molar-refractivity contribution in [3.8, 4) is 12.3 Å². The van der Waals surface area contributed by atoms with Gasteiger partial charge in [0, 0.05) is 6.54 Å². The first-order valence-electron chi connectivity index (χ1n) is 5.72. The lowest BCUT2D eigenvalue weighted by molar-refractivity contribution is -0.137. The van der Waals surface area contributed by atoms with Gasteiger partial charge >= 0.3 is 12.0 Å². The van der Waals surface area contributed by atoms with Crippen molar-refractivity contribution in [2.75, 3.05) is 19.6 Å². The second-order valence-corrected chi connectivity index (χ2v) is 4.45. The predicted molar refractivity (Wildman–Crippen MR) is 63.3 cm³/mol. The van der Waals surface area contributed by atoms with Gasteiger partial charge in [0.15, 0.2) is 0 Å². The van der Waals surface area contributed by atoms with Gasteiger partial charge in [0.1, 0.15) is 6.54 Å². The molecule has 1 fully saturated rings. The van der Waals surface area contributed by atoms with Crippen molar-refractivity contribution in [3.63, 3.8) is 0 Å². The van der Waals surface area contributed by atoms with E-state index in [0.717, 1.165) is 4.90 Å². The number of carboxylic acids is 1. The van der Waals surface area contributed by atoms with Gasteiger partial charge in [0.25, 0.3) is 0 Å². The minimum Gasteiger partial charge on any atom is -0.480 e. The minimum absolute atomic E-state index is 0.00986. The summed E-state index contributed by atoms with van der Waals surface area (Å²) in [6.45, 7) is 2.30. The third-order valence-corrected chi connectivity index (χ3v) is 2.90. The lowest BCUT2D eigenvalue weighted by atomic mass is 10.1. The van der Waals surface area contributed by atoms with Crippen LogP contribution < -0.4 is 5.32 Å². The Morgan fingerprint density at radius 3 is 2.71 bits per heavy atom. The first kappa shape index (κ1) is 13.4. The van der Waals surface area contributed by atoms with Crippen molar-refractivity contribution in [2.45, 2.75) is 19.8 Å². The van der Waals surface area contributed by atoms with E-state index in [2.05, 4.69) is 18.2 Å². The Morgan fingerprint density at radius 1 is 1.59 bits per heavy atom. The lowest BCUT2D eigenvalue weighted by Gasteiger charge is -2.20. The van der Waals surface area contributed by atoms with Crippen LogP contribution in [0, 0.1) is 24.2 Å². The fraction of sp³-hybridized carbons (Fsp3) is 0.667. The Hall–Kier alpha value is -1.70. The van der Waals surface area contributed by atoms with Crippen LogP contribution in [0.25, 0.3) is 0 Å². The van der Waals surface area contributed by atoms with Gasteiger partial charge in [0.05, 0.1) is 6.54 Å². The molecule has 0 aromatic carbocycles. The largest absolute Gasteiger partial charge is 0.480 e. The molecule has 0 radical (unpaired) electrons. The quantitative estimate of drug-likeness (QED) is 0.671. The van der Waals surface area contributed by atoms with Crippen LogP contribution in [0.5, 0.6) is 0 Å². The molecular formula is C12H18N2O3. The van der Waals surface area contributed by atoms with E-state index < -0.39 is 12.0 Å². The molecule has 1 aliphatic rings. The molecule has 0 aromatic heterocycles. The normalized spacial score (nSPS) is 15.8. The Labute approximate surface area is 101 Å². The highest BCUT2D eigenvalue weighted by Crippen LogP contribution is 2.36. The molecule has 17 heavy (non-hydrogen) atoms. The van der Waals surface area contributed by atoms with Crippen LogP contribution in [0.4, 0.5) is 4.79 Å². The third-order valence-electron chi connectivity index (χ3n) is 2.90. The number of carbonyl (C=O) groups excluding carboxylic acids is 1. The van der Waals surface area contributed by atoms with E-state index in [-0.39, 0.29) is 13.1 Å². The summed E-state index contributed by atoms with van der Waals surface area (Å²) >= 11 is 0. The van der Waals surface area contributed by atoms with Gasteiger partial charge in [-0.3, -0.25) is 4.79 Å². The molecule has 0 spiro atoms. The zero-order valence-corrected chi connectivity index (χ0v) is 9.98. The highest BCUT2D eigenvalue weighted by Gasteiger charge is 2.28. The van der Waals surface area contributed by atoms with E-state index in [1.165, 1.54) is 12.8 Å². The number of hydrogen-bond donors (Lipinski definition) is 2. The first-order valence-corrected chi connectivity index (χ1v) is 5.72. The van der Waals surface area contributed by atoms with Crippen LogP contribution in [0.1, 0.15) is 19.8 Å². The van der Waals surface area contributed by atoms with Gasteiger partial charge in [-0.1, -0.05) is 12.8 Å². The summed E-state index contributed by atoms with van der Waals surface area (Å²) in [4.78, 5) is 23.3. The standard InChI is InChI=1S/C12H18N2O3/c1-3-6-14(8-11(15)16)12(17)13-7-9(2)10-4-5-10/h1,9-10H,4-8H2,2H3,(H,13,17)(H,15,16). The van der Waals surface area contributed by atoms with Crippen molar-refractivity contribution >= 4 is 12.0 Å². The van der Waals surface area contributed by atoms with E-state index >= 15 is 0 Å². The number of nitrogens with zero attached hydrogens (tertiary/aromatic N) is 1. The van der Waals surface area contributed by atoms with Crippen LogP contribution in [0.15, 0.2) is 0 Å². The Morgan fingerprint density at radius 2 is 2.24 bits per heavy atom. The van der Waals surface area contributed by atoms with Gasteiger partial charge in [-0.15, -0.1) is 6.42 Å². The van der Waals surface area contributed by atoms with Crippen molar-refractivity contribution < 1.29 is 14.7 Å². The maximum atomic E-state index is 11.7. The Bertz CT molecular complexity index is 331. The summed E-state index contributed by atoms with van der Waals surface area (Å²) in [6, 6.07) is -0.405. The van der Waals surface area contributed by atoms with Gasteiger partial charge in [-0.05, 0) is 24.7 Å². The Kier molecular flexibility index (Phi) is 4.83. The maximum Gasteiger partial charge on any atom is 0.323 e. The molecule has 1 unspecified atom stereocenters. The molecule has 5 nitrogen and oxygen atoms in total. The lowest BCUT2D eigenvalue weighted by Crippen LogP contribution is -2.44. The second kappa shape index (κ2) is 6.14. The molecule has 2 amide bonds. The summed E-state index contributed by atoms with van der Waals surface area (Å²) in [5.74, 6) is 2.36. The number of terminal acetylenes is 1. The fourth-order valence-electron chi connectivity index (χ4n) is 1.67. The smallest absolute Gasteiger partial charge is 0.323 e. The van der Waals surface area contributed by atoms with E-state index in [1.807, 2.05) is 0 Å². The molecule has 1 aliphatic carbocycles. The van der Waals surface area contributed by atoms with Crippen LogP contribution in [-0.4, -0.2) is 41.6 Å². The molecule has 0 aliphatic heterocycles. The molecule has 1 saturated carbocycles. The summed E-state index contributed by atoms with van der Waals surface area (Å²) in [5.41, 5.74) is 0. The van der Waals surface area contributed by atoms with Crippen molar-refractivity contribution in [1.29, 1.82) is 0 Å². The molecule has 2 N–H and O–H groups in total. The average molecular weight is 238 g/mol. The van der Waals surface area contributed by atoms with Gasteiger partial charge in [0.2, 0.25) is 0 Å². The molecular weight excluding hydrogens is 220 g/mol. The molecule has 0 saturated heterocycles. The molecule has 5 heteroatoms. The highest BCUT2D eigenvalue weighted by atomic mass is 16.4. The number of nitrogens with one attached hydrogen (secondary N) is 1. The molecule has 1 rings (SSSR count). The number of urea groups is 1. The Balaban J connectivity index is 2.35. The number of carboxylic acid groups (broad SMARTS) is 1. The van der Waals surface area contributed by atoms with Crippen LogP contribution in [0.3, 0.4) is 0 Å². The van der Waals surface area contributed by atoms with Crippen LogP contribution in [-0.2, 0) is 4.79 Å². The second-order valence-electron chi connectivity index (χ2n) is 4.45. The molecule has 0 aromatic rings. The number of amides is 2. The van der Waals surface area contributed by atoms with E-state index in [4.69, 9.17) is 11.5 Å². The van der Waals surface area contributed by atoms with Gasteiger partial charge < -0.3 is 15.3 Å². The van der Waals surface area contributed by atoms with Crippen molar-refractivity contribution in [1.82, 2.24) is 10.2 Å². The average Bonchev–Trinajstić information content (AvgIpc) is 3.08. The van der Waals surface area contributed by atoms with E-state index in [9.17, 15) is 9.59 Å².